The van der Waals surface area contributed by atoms with E-state index >= 15 is 0 Å². The van der Waals surface area contributed by atoms with Gasteiger partial charge in [0.15, 0.2) is 0 Å². The molecule has 1 amide bonds. The van der Waals surface area contributed by atoms with Gasteiger partial charge in [-0.2, -0.15) is 5.10 Å². The van der Waals surface area contributed by atoms with E-state index in [9.17, 15) is 4.79 Å². The van der Waals surface area contributed by atoms with Gasteiger partial charge in [0, 0.05) is 24.3 Å². The number of carbonyl (C=O) groups is 1. The van der Waals surface area contributed by atoms with Gasteiger partial charge in [-0.1, -0.05) is 29.8 Å². The Hall–Kier alpha value is -1.85. The fourth-order valence-electron chi connectivity index (χ4n) is 2.98. The zero-order valence-electron chi connectivity index (χ0n) is 13.8. The first kappa shape index (κ1) is 17.0. The molecule has 0 N–H and O–H groups in total. The van der Waals surface area contributed by atoms with Crippen LogP contribution in [-0.4, -0.2) is 40.3 Å². The molecular formula is C18H22ClN3O2. The van der Waals surface area contributed by atoms with E-state index < -0.39 is 0 Å². The third-order valence-corrected chi connectivity index (χ3v) is 4.66. The standard InChI is InChI=1S/C18H22ClN3O2/c1-14-9-20-22(10-14)16-6-4-8-21(11-16)18(23)13-24-12-15-5-2-3-7-17(15)19/h2-3,5,7,9-10,16H,4,6,8,11-13H2,1H3. The highest BCUT2D eigenvalue weighted by atomic mass is 35.5. The van der Waals surface area contributed by atoms with Crippen LogP contribution in [0.2, 0.25) is 5.02 Å². The summed E-state index contributed by atoms with van der Waals surface area (Å²) in [6.07, 6.45) is 5.92. The molecule has 3 rings (SSSR count). The number of aromatic nitrogens is 2. The van der Waals surface area contributed by atoms with E-state index in [4.69, 9.17) is 16.3 Å². The fourth-order valence-corrected chi connectivity index (χ4v) is 3.18. The van der Waals surface area contributed by atoms with E-state index in [1.807, 2.05) is 53.2 Å². The Morgan fingerprint density at radius 2 is 2.25 bits per heavy atom. The third kappa shape index (κ3) is 4.16. The van der Waals surface area contributed by atoms with E-state index in [0.29, 0.717) is 18.2 Å². The van der Waals surface area contributed by atoms with Crippen molar-refractivity contribution in [2.24, 2.45) is 0 Å². The monoisotopic (exact) mass is 347 g/mol. The molecule has 6 heteroatoms. The summed E-state index contributed by atoms with van der Waals surface area (Å²) >= 11 is 6.09. The number of piperidine rings is 1. The highest BCUT2D eigenvalue weighted by molar-refractivity contribution is 6.31. The molecule has 5 nitrogen and oxygen atoms in total. The Labute approximate surface area is 147 Å². The minimum Gasteiger partial charge on any atom is -0.367 e. The van der Waals surface area contributed by atoms with Crippen LogP contribution in [0.15, 0.2) is 36.7 Å². The summed E-state index contributed by atoms with van der Waals surface area (Å²) in [6, 6.07) is 7.77. The van der Waals surface area contributed by atoms with Crippen LogP contribution >= 0.6 is 11.6 Å². The Bertz CT molecular complexity index is 701. The second-order valence-electron chi connectivity index (χ2n) is 6.22. The molecule has 0 bridgehead atoms. The first-order valence-corrected chi connectivity index (χ1v) is 8.61. The number of rotatable bonds is 5. The molecule has 0 saturated carbocycles. The maximum Gasteiger partial charge on any atom is 0.248 e. The van der Waals surface area contributed by atoms with E-state index in [-0.39, 0.29) is 18.6 Å². The van der Waals surface area contributed by atoms with Crippen molar-refractivity contribution in [3.05, 3.63) is 52.8 Å². The number of ether oxygens (including phenoxy) is 1. The smallest absolute Gasteiger partial charge is 0.248 e. The highest BCUT2D eigenvalue weighted by Gasteiger charge is 2.25. The van der Waals surface area contributed by atoms with Crippen molar-refractivity contribution in [3.8, 4) is 0 Å². The van der Waals surface area contributed by atoms with Crippen molar-refractivity contribution in [1.29, 1.82) is 0 Å². The normalized spacial score (nSPS) is 17.9. The number of halogens is 1. The highest BCUT2D eigenvalue weighted by Crippen LogP contribution is 2.21. The second-order valence-corrected chi connectivity index (χ2v) is 6.62. The molecule has 2 aromatic rings. The number of likely N-dealkylation sites (tertiary alicyclic amines) is 1. The van der Waals surface area contributed by atoms with Gasteiger partial charge in [-0.25, -0.2) is 0 Å². The number of nitrogens with zero attached hydrogens (tertiary/aromatic N) is 3. The average Bonchev–Trinajstić information content (AvgIpc) is 3.03. The molecule has 1 aliphatic rings. The van der Waals surface area contributed by atoms with E-state index in [1.165, 1.54) is 0 Å². The maximum atomic E-state index is 12.4. The fraction of sp³-hybridized carbons (Fsp3) is 0.444. The van der Waals surface area contributed by atoms with Gasteiger partial charge in [0.25, 0.3) is 0 Å². The zero-order valence-corrected chi connectivity index (χ0v) is 14.6. The molecule has 2 heterocycles. The molecule has 0 spiro atoms. The SMILES string of the molecule is Cc1cnn(C2CCCN(C(=O)COCc3ccccc3Cl)C2)c1. The summed E-state index contributed by atoms with van der Waals surface area (Å²) in [5.74, 6) is 0.0237. The van der Waals surface area contributed by atoms with Crippen LogP contribution in [0, 0.1) is 6.92 Å². The van der Waals surface area contributed by atoms with Crippen LogP contribution in [0.5, 0.6) is 0 Å². The summed E-state index contributed by atoms with van der Waals surface area (Å²) in [5.41, 5.74) is 2.04. The Kier molecular flexibility index (Phi) is 5.53. The maximum absolute atomic E-state index is 12.4. The Morgan fingerprint density at radius 1 is 1.42 bits per heavy atom. The van der Waals surface area contributed by atoms with E-state index in [2.05, 4.69) is 5.10 Å². The molecule has 0 aliphatic carbocycles. The van der Waals surface area contributed by atoms with Crippen molar-refractivity contribution in [2.75, 3.05) is 19.7 Å². The van der Waals surface area contributed by atoms with Crippen molar-refractivity contribution >= 4 is 17.5 Å². The second kappa shape index (κ2) is 7.81. The predicted octanol–water partition coefficient (Wildman–Crippen LogP) is 3.23. The molecule has 0 radical (unpaired) electrons. The summed E-state index contributed by atoms with van der Waals surface area (Å²) in [7, 11) is 0. The van der Waals surface area contributed by atoms with Crippen LogP contribution in [0.1, 0.15) is 30.0 Å². The van der Waals surface area contributed by atoms with Crippen molar-refractivity contribution < 1.29 is 9.53 Å². The third-order valence-electron chi connectivity index (χ3n) is 4.29. The minimum absolute atomic E-state index is 0.0237. The lowest BCUT2D eigenvalue weighted by atomic mass is 10.1. The number of amides is 1. The van der Waals surface area contributed by atoms with Gasteiger partial charge < -0.3 is 9.64 Å². The van der Waals surface area contributed by atoms with Crippen molar-refractivity contribution in [3.63, 3.8) is 0 Å². The van der Waals surface area contributed by atoms with Gasteiger partial charge >= 0.3 is 0 Å². The van der Waals surface area contributed by atoms with Gasteiger partial charge in [-0.05, 0) is 37.0 Å². The lowest BCUT2D eigenvalue weighted by Crippen LogP contribution is -2.42. The molecule has 1 aliphatic heterocycles. The lowest BCUT2D eigenvalue weighted by molar-refractivity contribution is -0.138. The first-order chi connectivity index (χ1) is 11.6. The van der Waals surface area contributed by atoms with Gasteiger partial charge in [0.1, 0.15) is 6.61 Å². The number of carbonyl (C=O) groups excluding carboxylic acids is 1. The topological polar surface area (TPSA) is 47.4 Å². The molecule has 24 heavy (non-hydrogen) atoms. The summed E-state index contributed by atoms with van der Waals surface area (Å²) in [6.45, 7) is 3.93. The Balaban J connectivity index is 1.50. The average molecular weight is 348 g/mol. The van der Waals surface area contributed by atoms with E-state index in [1.54, 1.807) is 0 Å². The first-order valence-electron chi connectivity index (χ1n) is 8.23. The number of hydrogen-bond acceptors (Lipinski definition) is 3. The largest absolute Gasteiger partial charge is 0.367 e. The summed E-state index contributed by atoms with van der Waals surface area (Å²) in [5, 5.41) is 5.04. The van der Waals surface area contributed by atoms with Crippen molar-refractivity contribution in [2.45, 2.75) is 32.4 Å². The van der Waals surface area contributed by atoms with Crippen LogP contribution < -0.4 is 0 Å². The molecule has 128 valence electrons. The van der Waals surface area contributed by atoms with Gasteiger partial charge in [-0.15, -0.1) is 0 Å². The van der Waals surface area contributed by atoms with Crippen LogP contribution in [-0.2, 0) is 16.1 Å². The molecule has 1 aromatic carbocycles. The lowest BCUT2D eigenvalue weighted by Gasteiger charge is -2.32. The Morgan fingerprint density at radius 3 is 3.00 bits per heavy atom. The van der Waals surface area contributed by atoms with Gasteiger partial charge in [0.05, 0.1) is 18.8 Å². The molecule has 1 atom stereocenters. The number of aryl methyl sites for hydroxylation is 1. The summed E-state index contributed by atoms with van der Waals surface area (Å²) in [4.78, 5) is 14.3. The molecule has 1 unspecified atom stereocenters. The minimum atomic E-state index is 0.0237. The molecular weight excluding hydrogens is 326 g/mol. The number of hydrogen-bond donors (Lipinski definition) is 0. The van der Waals surface area contributed by atoms with Gasteiger partial charge in [0.2, 0.25) is 5.91 Å². The van der Waals surface area contributed by atoms with Crippen molar-refractivity contribution in [1.82, 2.24) is 14.7 Å². The van der Waals surface area contributed by atoms with Gasteiger partial charge in [-0.3, -0.25) is 9.48 Å². The molecule has 1 fully saturated rings. The zero-order chi connectivity index (χ0) is 16.9. The van der Waals surface area contributed by atoms with E-state index in [0.717, 1.165) is 30.5 Å². The predicted molar refractivity (Wildman–Crippen MR) is 92.9 cm³/mol. The van der Waals surface area contributed by atoms with Crippen LogP contribution in [0.4, 0.5) is 0 Å². The summed E-state index contributed by atoms with van der Waals surface area (Å²) < 4.78 is 7.53. The molecule has 1 saturated heterocycles. The number of benzene rings is 1. The van der Waals surface area contributed by atoms with Crippen LogP contribution in [0.3, 0.4) is 0 Å². The molecule has 1 aromatic heterocycles. The quantitative estimate of drug-likeness (QED) is 0.834. The van der Waals surface area contributed by atoms with Crippen LogP contribution in [0.25, 0.3) is 0 Å².